The Bertz CT molecular complexity index is 779. The lowest BCUT2D eigenvalue weighted by molar-refractivity contribution is 0.515. The maximum atomic E-state index is 8.10. The molecule has 1 atom stereocenters. The summed E-state index contributed by atoms with van der Waals surface area (Å²) in [5, 5.41) is 13.3. The maximum absolute atomic E-state index is 8.10. The van der Waals surface area contributed by atoms with Crippen LogP contribution >= 0.6 is 0 Å². The highest BCUT2D eigenvalue weighted by molar-refractivity contribution is 5.25. The van der Waals surface area contributed by atoms with E-state index in [1.165, 1.54) is 16.7 Å². The number of aromatic nitrogens is 2. The van der Waals surface area contributed by atoms with Crippen LogP contribution in [-0.4, -0.2) is 9.78 Å². The van der Waals surface area contributed by atoms with Gasteiger partial charge in [0.1, 0.15) is 0 Å². The third-order valence-corrected chi connectivity index (χ3v) is 4.04. The zero-order chi connectivity index (χ0) is 15.5. The molecule has 1 heterocycles. The van der Waals surface area contributed by atoms with Crippen molar-refractivity contribution in [2.75, 3.05) is 0 Å². The smallest absolute Gasteiger partial charge is 0.0902 e. The number of benzene rings is 1. The molecule has 1 aromatic carbocycles. The van der Waals surface area contributed by atoms with Gasteiger partial charge < -0.3 is 0 Å². The Morgan fingerprint density at radius 1 is 1.18 bits per heavy atom. The van der Waals surface area contributed by atoms with Gasteiger partial charge in [0.15, 0.2) is 0 Å². The van der Waals surface area contributed by atoms with Crippen LogP contribution in [0.1, 0.15) is 36.2 Å². The van der Waals surface area contributed by atoms with Crippen LogP contribution in [0.4, 0.5) is 0 Å². The second kappa shape index (κ2) is 6.14. The molecule has 0 radical (unpaired) electrons. The summed E-state index contributed by atoms with van der Waals surface area (Å²) in [5.74, 6) is 0. The summed E-state index contributed by atoms with van der Waals surface area (Å²) in [6.45, 7) is 4.19. The van der Waals surface area contributed by atoms with E-state index in [9.17, 15) is 0 Å². The van der Waals surface area contributed by atoms with Crippen LogP contribution in [0.15, 0.2) is 60.3 Å². The molecule has 112 valence electrons. The molecule has 0 amide bonds. The van der Waals surface area contributed by atoms with Crippen molar-refractivity contribution >= 4 is 0 Å². The fourth-order valence-corrected chi connectivity index (χ4v) is 2.60. The lowest BCUT2D eigenvalue weighted by Crippen LogP contribution is -2.20. The van der Waals surface area contributed by atoms with Crippen LogP contribution in [0.25, 0.3) is 0 Å². The van der Waals surface area contributed by atoms with Gasteiger partial charge in [0, 0.05) is 12.6 Å². The zero-order valence-electron chi connectivity index (χ0n) is 13.1. The molecule has 2 aromatic rings. The average molecular weight is 291 g/mol. The van der Waals surface area contributed by atoms with E-state index in [1.54, 1.807) is 0 Å². The number of aryl methyl sites for hydroxylation is 1. The van der Waals surface area contributed by atoms with Crippen molar-refractivity contribution in [3.05, 3.63) is 82.5 Å². The summed E-state index contributed by atoms with van der Waals surface area (Å²) in [6.07, 6.45) is 10.1. The highest BCUT2D eigenvalue weighted by atomic mass is 15.3. The van der Waals surface area contributed by atoms with Gasteiger partial charge in [-0.15, -0.1) is 0 Å². The largest absolute Gasteiger partial charge is 0.299 e. The Morgan fingerprint density at radius 3 is 2.64 bits per heavy atom. The molecule has 22 heavy (non-hydrogen) atoms. The summed E-state index contributed by atoms with van der Waals surface area (Å²) < 4.78 is 1.97. The van der Waals surface area contributed by atoms with Gasteiger partial charge in [-0.3, -0.25) is 10.1 Å². The molecule has 0 saturated heterocycles. The highest BCUT2D eigenvalue weighted by Crippen LogP contribution is 2.19. The molecule has 0 spiro atoms. The third-order valence-electron chi connectivity index (χ3n) is 4.04. The third kappa shape index (κ3) is 3.25. The molecule has 0 fully saturated rings. The lowest BCUT2D eigenvalue weighted by atomic mass is 10.0. The average Bonchev–Trinajstić information content (AvgIpc) is 2.52. The Kier molecular flexibility index (Phi) is 4.05. The molecule has 0 saturated carbocycles. The quantitative estimate of drug-likeness (QED) is 0.920. The van der Waals surface area contributed by atoms with Crippen LogP contribution in [0, 0.1) is 12.3 Å². The van der Waals surface area contributed by atoms with Gasteiger partial charge >= 0.3 is 0 Å². The minimum atomic E-state index is 0.251. The van der Waals surface area contributed by atoms with Crippen LogP contribution < -0.4 is 5.36 Å². The van der Waals surface area contributed by atoms with Crippen LogP contribution in [0.2, 0.25) is 0 Å². The minimum Gasteiger partial charge on any atom is -0.299 e. The zero-order valence-corrected chi connectivity index (χ0v) is 13.1. The molecule has 1 unspecified atom stereocenters. The molecule has 3 heteroatoms. The second-order valence-corrected chi connectivity index (χ2v) is 5.93. The van der Waals surface area contributed by atoms with E-state index in [0.717, 1.165) is 12.1 Å². The van der Waals surface area contributed by atoms with Gasteiger partial charge in [-0.2, -0.15) is 5.10 Å². The van der Waals surface area contributed by atoms with Crippen LogP contribution in [-0.2, 0) is 6.42 Å². The summed E-state index contributed by atoms with van der Waals surface area (Å²) in [7, 11) is 0. The predicted octanol–water partition coefficient (Wildman–Crippen LogP) is 3.71. The molecule has 3 rings (SSSR count). The van der Waals surface area contributed by atoms with Crippen molar-refractivity contribution in [1.29, 1.82) is 5.41 Å². The monoisotopic (exact) mass is 291 g/mol. The van der Waals surface area contributed by atoms with Gasteiger partial charge in [-0.1, -0.05) is 53.6 Å². The molecular formula is C19H21N3. The molecule has 1 aliphatic rings. The summed E-state index contributed by atoms with van der Waals surface area (Å²) in [4.78, 5) is 0. The van der Waals surface area contributed by atoms with E-state index in [1.807, 2.05) is 16.9 Å². The van der Waals surface area contributed by atoms with Crippen molar-refractivity contribution in [1.82, 2.24) is 9.78 Å². The summed E-state index contributed by atoms with van der Waals surface area (Å²) in [6, 6.07) is 10.5. The molecule has 1 aromatic heterocycles. The first-order valence-electron chi connectivity index (χ1n) is 7.65. The Morgan fingerprint density at radius 2 is 1.95 bits per heavy atom. The lowest BCUT2D eigenvalue weighted by Gasteiger charge is -2.18. The predicted molar refractivity (Wildman–Crippen MR) is 88.6 cm³/mol. The number of allylic oxidation sites excluding steroid dienone is 4. The van der Waals surface area contributed by atoms with Crippen molar-refractivity contribution in [3.8, 4) is 0 Å². The number of hydrogen-bond donors (Lipinski definition) is 1. The molecule has 1 aliphatic carbocycles. The normalized spacial score (nSPS) is 17.4. The first-order chi connectivity index (χ1) is 10.6. The van der Waals surface area contributed by atoms with Gasteiger partial charge in [0.2, 0.25) is 0 Å². The first-order valence-corrected chi connectivity index (χ1v) is 7.65. The molecule has 3 nitrogen and oxygen atoms in total. The SMILES string of the molecule is CC1=CCC(n2ccc(=N)c(Cc3ccc(C)cc3)n2)C=C1. The number of rotatable bonds is 3. The van der Waals surface area contributed by atoms with Crippen molar-refractivity contribution in [2.45, 2.75) is 32.7 Å². The van der Waals surface area contributed by atoms with Crippen molar-refractivity contribution in [3.63, 3.8) is 0 Å². The molecule has 0 bridgehead atoms. The van der Waals surface area contributed by atoms with Gasteiger partial charge in [0.05, 0.1) is 17.1 Å². The van der Waals surface area contributed by atoms with E-state index in [-0.39, 0.29) is 6.04 Å². The van der Waals surface area contributed by atoms with Gasteiger partial charge in [-0.25, -0.2) is 0 Å². The summed E-state index contributed by atoms with van der Waals surface area (Å²) in [5.41, 5.74) is 4.57. The van der Waals surface area contributed by atoms with E-state index < -0.39 is 0 Å². The number of nitrogens with zero attached hydrogens (tertiary/aromatic N) is 2. The highest BCUT2D eigenvalue weighted by Gasteiger charge is 2.10. The van der Waals surface area contributed by atoms with Crippen molar-refractivity contribution in [2.24, 2.45) is 0 Å². The number of hydrogen-bond acceptors (Lipinski definition) is 2. The van der Waals surface area contributed by atoms with Gasteiger partial charge in [-0.05, 0) is 31.9 Å². The molecule has 1 N–H and O–H groups in total. The Labute approximate surface area is 131 Å². The first kappa shape index (κ1) is 14.5. The van der Waals surface area contributed by atoms with Gasteiger partial charge in [0.25, 0.3) is 0 Å². The second-order valence-electron chi connectivity index (χ2n) is 5.93. The minimum absolute atomic E-state index is 0.251. The van der Waals surface area contributed by atoms with E-state index in [4.69, 9.17) is 5.41 Å². The fourth-order valence-electron chi connectivity index (χ4n) is 2.60. The van der Waals surface area contributed by atoms with E-state index in [0.29, 0.717) is 11.8 Å². The van der Waals surface area contributed by atoms with Crippen LogP contribution in [0.5, 0.6) is 0 Å². The summed E-state index contributed by atoms with van der Waals surface area (Å²) >= 11 is 0. The standard InChI is InChI=1S/C19H21N3/c1-14-3-7-16(8-4-14)13-19-18(20)11-12-22(21-19)17-9-5-15(2)6-10-17/h3-9,11-12,17,20H,10,13H2,1-2H3. The van der Waals surface area contributed by atoms with Crippen molar-refractivity contribution < 1.29 is 0 Å². The fraction of sp³-hybridized carbons (Fsp3) is 0.263. The van der Waals surface area contributed by atoms with E-state index >= 15 is 0 Å². The van der Waals surface area contributed by atoms with Crippen LogP contribution in [0.3, 0.4) is 0 Å². The molecule has 0 aliphatic heterocycles. The Balaban J connectivity index is 1.86. The Hall–Kier alpha value is -2.42. The van der Waals surface area contributed by atoms with E-state index in [2.05, 4.69) is 61.4 Å². The maximum Gasteiger partial charge on any atom is 0.0902 e. The number of nitrogens with one attached hydrogen (secondary N) is 1. The molecular weight excluding hydrogens is 270 g/mol. The topological polar surface area (TPSA) is 41.7 Å².